The van der Waals surface area contributed by atoms with E-state index in [0.717, 1.165) is 0 Å². The molecule has 0 fully saturated rings. The molecule has 4 nitrogen and oxygen atoms in total. The molecule has 0 rings (SSSR count). The molecule has 6 heteroatoms. The number of methoxy groups -OCH3 is 1. The first-order chi connectivity index (χ1) is 5.93. The maximum absolute atomic E-state index is 9.84. The van der Waals surface area contributed by atoms with Crippen LogP contribution in [-0.4, -0.2) is 42.3 Å². The van der Waals surface area contributed by atoms with Crippen LogP contribution in [0.15, 0.2) is 0 Å². The van der Waals surface area contributed by atoms with Crippen molar-refractivity contribution in [3.8, 4) is 0 Å². The summed E-state index contributed by atoms with van der Waals surface area (Å²) < 4.78 is 4.86. The zero-order chi connectivity index (χ0) is 10.9. The molecule has 15 heavy (non-hydrogen) atoms. The Hall–Kier alpha value is 1.08. The molecule has 0 saturated heterocycles. The van der Waals surface area contributed by atoms with Crippen molar-refractivity contribution in [2.75, 3.05) is 13.7 Å². The fourth-order valence-electron chi connectivity index (χ4n) is 0.422. The molecule has 0 bridgehead atoms. The molecular weight excluding hydrogens is 310 g/mol. The molecule has 0 aliphatic carbocycles. The zero-order valence-electron chi connectivity index (χ0n) is 9.51. The van der Waals surface area contributed by atoms with E-state index in [1.54, 1.807) is 20.4 Å². The summed E-state index contributed by atoms with van der Waals surface area (Å²) in [4.78, 5) is 11.0. The third-order valence-corrected chi connectivity index (χ3v) is 1.01. The minimum Gasteiger partial charge on any atom is -0.666 e. The van der Waals surface area contributed by atoms with Gasteiger partial charge in [-0.2, -0.15) is 6.41 Å². The minimum absolute atomic E-state index is 0. The van der Waals surface area contributed by atoms with Gasteiger partial charge in [-0.15, -0.1) is 0 Å². The molecule has 88 valence electrons. The first-order valence-corrected chi connectivity index (χ1v) is 3.93. The Labute approximate surface area is 130 Å². The van der Waals surface area contributed by atoms with Gasteiger partial charge in [-0.25, -0.2) is 0 Å². The van der Waals surface area contributed by atoms with Crippen molar-refractivity contribution in [2.24, 2.45) is 0 Å². The third-order valence-electron chi connectivity index (χ3n) is 1.01. The van der Waals surface area contributed by atoms with E-state index in [4.69, 9.17) is 9.84 Å². The molecule has 0 aliphatic heterocycles. The van der Waals surface area contributed by atoms with Crippen molar-refractivity contribution in [1.82, 2.24) is 4.90 Å². The Morgan fingerprint density at radius 3 is 2.07 bits per heavy atom. The first kappa shape index (κ1) is 25.1. The number of aliphatic hydroxyl groups is 1. The first-order valence-electron chi connectivity index (χ1n) is 3.93. The summed E-state index contributed by atoms with van der Waals surface area (Å²) >= 11 is 0. The molecule has 0 aliphatic rings. The zero-order valence-corrected chi connectivity index (χ0v) is 13.7. The molecule has 1 N–H and O–H groups in total. The number of amides is 1. The van der Waals surface area contributed by atoms with Crippen LogP contribution in [0.2, 0.25) is 0 Å². The molecule has 0 aromatic heterocycles. The summed E-state index contributed by atoms with van der Waals surface area (Å²) in [5, 5.41) is 7.94. The summed E-state index contributed by atoms with van der Waals surface area (Å²) in [6.07, 6.45) is 1.24. The van der Waals surface area contributed by atoms with Crippen molar-refractivity contribution < 1.29 is 65.9 Å². The van der Waals surface area contributed by atoms with Gasteiger partial charge in [0, 0.05) is 58.4 Å². The molecule has 2 atom stereocenters. The van der Waals surface area contributed by atoms with Crippen LogP contribution < -0.4 is 0 Å². The van der Waals surface area contributed by atoms with E-state index in [9.17, 15) is 4.79 Å². The van der Waals surface area contributed by atoms with E-state index >= 15 is 0 Å². The largest absolute Gasteiger partial charge is 0.666 e. The van der Waals surface area contributed by atoms with Gasteiger partial charge >= 0.3 is 0 Å². The Kier molecular flexibility index (Phi) is 29.2. The number of ether oxygens (including phenoxy) is 1. The predicted octanol–water partition coefficient (Wildman–Crippen LogP) is 0.378. The molecule has 0 heterocycles. The molecule has 2 radical (unpaired) electrons. The van der Waals surface area contributed by atoms with Gasteiger partial charge in [-0.1, -0.05) is 13.0 Å². The Balaban J connectivity index is -0.0000000883. The Bertz CT molecular complexity index is 125. The maximum atomic E-state index is 9.84. The molecular formula is C9H18NO3VY-3. The van der Waals surface area contributed by atoms with Crippen LogP contribution >= 0.6 is 0 Å². The third kappa shape index (κ3) is 31.3. The number of carbonyl (C=O) groups excluding carboxylic acids is 1. The van der Waals surface area contributed by atoms with E-state index < -0.39 is 6.10 Å². The molecule has 0 aromatic rings. The predicted molar refractivity (Wildman–Crippen MR) is 51.3 cm³/mol. The summed E-state index contributed by atoms with van der Waals surface area (Å²) in [5.74, 6) is 0. The fourth-order valence-corrected chi connectivity index (χ4v) is 0.422. The van der Waals surface area contributed by atoms with E-state index in [-0.39, 0.29) is 57.4 Å². The Morgan fingerprint density at radius 2 is 1.87 bits per heavy atom. The molecule has 1 amide bonds. The molecule has 0 spiro atoms. The molecule has 0 aromatic carbocycles. The van der Waals surface area contributed by atoms with Gasteiger partial charge in [-0.05, 0) is 13.5 Å². The monoisotopic (exact) mass is 328 g/mol. The number of nitrogens with zero attached hydrogens (tertiary/aromatic N) is 1. The summed E-state index contributed by atoms with van der Waals surface area (Å²) in [7, 11) is 4.96. The summed E-state index contributed by atoms with van der Waals surface area (Å²) in [6.45, 7) is 7.15. The van der Waals surface area contributed by atoms with Crippen LogP contribution in [0.3, 0.4) is 0 Å². The van der Waals surface area contributed by atoms with Gasteiger partial charge in [-0.3, -0.25) is 7.05 Å². The van der Waals surface area contributed by atoms with Gasteiger partial charge in [0.05, 0.1) is 6.10 Å². The van der Waals surface area contributed by atoms with Crippen molar-refractivity contribution in [2.45, 2.75) is 26.1 Å². The average Bonchev–Trinajstić information content (AvgIpc) is 2.03. The SMILES string of the molecule is [CH2-]C(C)O.[CH2-]N([C-]=O)CC(C)OC.[V].[Y]. The van der Waals surface area contributed by atoms with E-state index in [2.05, 4.69) is 14.0 Å². The van der Waals surface area contributed by atoms with Gasteiger partial charge < -0.3 is 26.5 Å². The van der Waals surface area contributed by atoms with Crippen LogP contribution in [0, 0.1) is 14.0 Å². The van der Waals surface area contributed by atoms with Crippen LogP contribution in [0.4, 0.5) is 0 Å². The van der Waals surface area contributed by atoms with Crippen molar-refractivity contribution in [1.29, 1.82) is 0 Å². The average molecular weight is 328 g/mol. The minimum atomic E-state index is -0.417. The standard InChI is InChI=1S/C6H11NO2.C3H7O.V.Y/c1-6(9-3)4-7(2)5-8;1-3(2)4;;/h6H,2,4H2,1,3H3;3-4H,1H2,2H3;;/q-2;-1;;. The van der Waals surface area contributed by atoms with Crippen LogP contribution in [0.5, 0.6) is 0 Å². The van der Waals surface area contributed by atoms with Crippen molar-refractivity contribution in [3.63, 3.8) is 0 Å². The van der Waals surface area contributed by atoms with Gasteiger partial charge in [0.15, 0.2) is 0 Å². The molecule has 0 saturated carbocycles. The number of rotatable bonds is 4. The van der Waals surface area contributed by atoms with Crippen LogP contribution in [0.1, 0.15) is 13.8 Å². The van der Waals surface area contributed by atoms with Crippen LogP contribution in [-0.2, 0) is 60.8 Å². The van der Waals surface area contributed by atoms with Gasteiger partial charge in [0.1, 0.15) is 0 Å². The topological polar surface area (TPSA) is 49.8 Å². The smallest absolute Gasteiger partial charge is 0.0669 e. The quantitative estimate of drug-likeness (QED) is 0.600. The normalized spacial score (nSPS) is 11.9. The van der Waals surface area contributed by atoms with E-state index in [1.165, 1.54) is 4.90 Å². The van der Waals surface area contributed by atoms with Gasteiger partial charge in [0.2, 0.25) is 0 Å². The van der Waals surface area contributed by atoms with Gasteiger partial charge in [0.25, 0.3) is 0 Å². The van der Waals surface area contributed by atoms with E-state index in [0.29, 0.717) is 6.54 Å². The summed E-state index contributed by atoms with van der Waals surface area (Å²) in [6, 6.07) is 0. The number of hydrogen-bond acceptors (Lipinski definition) is 3. The maximum Gasteiger partial charge on any atom is 0.0669 e. The van der Waals surface area contributed by atoms with Crippen molar-refractivity contribution >= 4 is 6.41 Å². The second-order valence-electron chi connectivity index (χ2n) is 2.71. The second kappa shape index (κ2) is 17.5. The molecule has 2 unspecified atom stereocenters. The Morgan fingerprint density at radius 1 is 1.53 bits per heavy atom. The second-order valence-corrected chi connectivity index (χ2v) is 2.71. The van der Waals surface area contributed by atoms with Crippen molar-refractivity contribution in [3.05, 3.63) is 14.0 Å². The number of aliphatic hydroxyl groups excluding tert-OH is 1. The number of hydrogen-bond donors (Lipinski definition) is 1. The van der Waals surface area contributed by atoms with E-state index in [1.807, 2.05) is 6.92 Å². The summed E-state index contributed by atoms with van der Waals surface area (Å²) in [5.41, 5.74) is 0. The fraction of sp³-hybridized carbons (Fsp3) is 0.667. The van der Waals surface area contributed by atoms with Crippen LogP contribution in [0.25, 0.3) is 0 Å².